The van der Waals surface area contributed by atoms with Crippen LogP contribution >= 0.6 is 0 Å². The van der Waals surface area contributed by atoms with Crippen molar-refractivity contribution in [3.05, 3.63) is 29.6 Å². The van der Waals surface area contributed by atoms with E-state index in [4.69, 9.17) is 9.47 Å². The van der Waals surface area contributed by atoms with Gasteiger partial charge in [0.2, 0.25) is 0 Å². The van der Waals surface area contributed by atoms with Gasteiger partial charge in [-0.1, -0.05) is 6.07 Å². The van der Waals surface area contributed by atoms with Crippen LogP contribution in [0.4, 0.5) is 4.39 Å². The maximum atomic E-state index is 14.1. The maximum Gasteiger partial charge on any atom is 0.131 e. The molecule has 2 atom stereocenters. The van der Waals surface area contributed by atoms with Crippen molar-refractivity contribution in [2.45, 2.75) is 25.0 Å². The van der Waals surface area contributed by atoms with Gasteiger partial charge in [0, 0.05) is 18.7 Å². The lowest BCUT2D eigenvalue weighted by Crippen LogP contribution is -2.33. The quantitative estimate of drug-likeness (QED) is 0.845. The fraction of sp³-hybridized carbons (Fsp3) is 0.571. The van der Waals surface area contributed by atoms with Crippen molar-refractivity contribution in [1.29, 1.82) is 0 Å². The summed E-state index contributed by atoms with van der Waals surface area (Å²) < 4.78 is 24.6. The van der Waals surface area contributed by atoms with Crippen molar-refractivity contribution >= 4 is 0 Å². The van der Waals surface area contributed by atoms with Gasteiger partial charge in [-0.2, -0.15) is 0 Å². The van der Waals surface area contributed by atoms with E-state index in [9.17, 15) is 4.39 Å². The van der Waals surface area contributed by atoms with Crippen LogP contribution in [0.15, 0.2) is 18.2 Å². The predicted octanol–water partition coefficient (Wildman–Crippen LogP) is 2.52. The molecule has 0 aliphatic heterocycles. The zero-order chi connectivity index (χ0) is 13.1. The van der Waals surface area contributed by atoms with Gasteiger partial charge < -0.3 is 14.8 Å². The van der Waals surface area contributed by atoms with Gasteiger partial charge in [-0.3, -0.25) is 0 Å². The van der Waals surface area contributed by atoms with Crippen molar-refractivity contribution in [2.75, 3.05) is 21.3 Å². The largest absolute Gasteiger partial charge is 0.497 e. The molecule has 1 aliphatic rings. The van der Waals surface area contributed by atoms with Crippen LogP contribution in [-0.2, 0) is 4.74 Å². The normalized spacial score (nSPS) is 18.4. The lowest BCUT2D eigenvalue weighted by molar-refractivity contribution is 0.0519. The molecule has 2 rings (SSSR count). The molecule has 2 unspecified atom stereocenters. The molecule has 0 amide bonds. The Balaban J connectivity index is 2.25. The Hall–Kier alpha value is -1.13. The molecule has 1 aromatic carbocycles. The minimum atomic E-state index is -0.253. The molecular weight excluding hydrogens is 233 g/mol. The number of likely N-dealkylation sites (N-methyl/N-ethyl adjacent to an activating group) is 1. The Kier molecular flexibility index (Phi) is 4.19. The molecule has 1 aliphatic carbocycles. The number of nitrogens with one attached hydrogen (secondary N) is 1. The average Bonchev–Trinajstić information content (AvgIpc) is 3.20. The number of methoxy groups -OCH3 is 2. The standard InChI is InChI=1S/C14H20FNO2/c1-16-13(14(18-3)9-4-5-9)11-7-6-10(17-2)8-12(11)15/h6-9,13-14,16H,4-5H2,1-3H3. The summed E-state index contributed by atoms with van der Waals surface area (Å²) in [6.07, 6.45) is 2.35. The smallest absolute Gasteiger partial charge is 0.131 e. The highest BCUT2D eigenvalue weighted by molar-refractivity contribution is 5.31. The zero-order valence-corrected chi connectivity index (χ0v) is 11.1. The third kappa shape index (κ3) is 2.65. The van der Waals surface area contributed by atoms with Gasteiger partial charge in [0.1, 0.15) is 11.6 Å². The van der Waals surface area contributed by atoms with E-state index >= 15 is 0 Å². The number of rotatable bonds is 6. The van der Waals surface area contributed by atoms with E-state index in [0.717, 1.165) is 12.8 Å². The molecule has 0 radical (unpaired) electrons. The van der Waals surface area contributed by atoms with Gasteiger partial charge in [0.05, 0.1) is 19.3 Å². The van der Waals surface area contributed by atoms with Crippen LogP contribution in [0, 0.1) is 11.7 Å². The summed E-state index contributed by atoms with van der Waals surface area (Å²) in [7, 11) is 5.06. The van der Waals surface area contributed by atoms with Gasteiger partial charge >= 0.3 is 0 Å². The zero-order valence-electron chi connectivity index (χ0n) is 11.1. The topological polar surface area (TPSA) is 30.5 Å². The Morgan fingerprint density at radius 3 is 2.50 bits per heavy atom. The summed E-state index contributed by atoms with van der Waals surface area (Å²) in [5.41, 5.74) is 0.636. The van der Waals surface area contributed by atoms with Crippen molar-refractivity contribution in [2.24, 2.45) is 5.92 Å². The minimum Gasteiger partial charge on any atom is -0.497 e. The molecule has 1 saturated carbocycles. The monoisotopic (exact) mass is 253 g/mol. The lowest BCUT2D eigenvalue weighted by atomic mass is 9.97. The molecule has 0 spiro atoms. The van der Waals surface area contributed by atoms with Crippen molar-refractivity contribution in [3.8, 4) is 5.75 Å². The van der Waals surface area contributed by atoms with Crippen molar-refractivity contribution in [1.82, 2.24) is 5.32 Å². The molecule has 18 heavy (non-hydrogen) atoms. The first-order valence-corrected chi connectivity index (χ1v) is 6.24. The molecule has 4 heteroatoms. The van der Waals surface area contributed by atoms with Gasteiger partial charge in [0.15, 0.2) is 0 Å². The Bertz CT molecular complexity index is 407. The van der Waals surface area contributed by atoms with Crippen LogP contribution in [0.5, 0.6) is 5.75 Å². The second-order valence-electron chi connectivity index (χ2n) is 4.69. The van der Waals surface area contributed by atoms with Gasteiger partial charge in [-0.15, -0.1) is 0 Å². The van der Waals surface area contributed by atoms with E-state index in [-0.39, 0.29) is 18.0 Å². The Morgan fingerprint density at radius 2 is 2.06 bits per heavy atom. The van der Waals surface area contributed by atoms with Crippen LogP contribution in [0.1, 0.15) is 24.4 Å². The molecular formula is C14H20FNO2. The minimum absolute atomic E-state index is 0.0258. The first kappa shape index (κ1) is 13.3. The maximum absolute atomic E-state index is 14.1. The van der Waals surface area contributed by atoms with Gasteiger partial charge in [-0.05, 0) is 31.9 Å². The highest BCUT2D eigenvalue weighted by atomic mass is 19.1. The van der Waals surface area contributed by atoms with Crippen LogP contribution in [0.25, 0.3) is 0 Å². The van der Waals surface area contributed by atoms with Crippen LogP contribution < -0.4 is 10.1 Å². The SMILES string of the molecule is CNC(c1ccc(OC)cc1F)C(OC)C1CC1. The fourth-order valence-corrected chi connectivity index (χ4v) is 2.41. The summed E-state index contributed by atoms with van der Waals surface area (Å²) in [5.74, 6) is 0.817. The summed E-state index contributed by atoms with van der Waals surface area (Å²) in [6.45, 7) is 0. The first-order valence-electron chi connectivity index (χ1n) is 6.24. The highest BCUT2D eigenvalue weighted by Gasteiger charge is 2.37. The van der Waals surface area contributed by atoms with E-state index in [1.807, 2.05) is 7.05 Å². The number of halogens is 1. The number of benzene rings is 1. The van der Waals surface area contributed by atoms with Gasteiger partial charge in [0.25, 0.3) is 0 Å². The molecule has 1 aromatic rings. The predicted molar refractivity (Wildman–Crippen MR) is 68.3 cm³/mol. The second kappa shape index (κ2) is 5.67. The highest BCUT2D eigenvalue weighted by Crippen LogP contribution is 2.40. The van der Waals surface area contributed by atoms with Crippen LogP contribution in [-0.4, -0.2) is 27.4 Å². The second-order valence-corrected chi connectivity index (χ2v) is 4.69. The molecule has 1 N–H and O–H groups in total. The summed E-state index contributed by atoms with van der Waals surface area (Å²) in [6, 6.07) is 4.85. The Labute approximate surface area is 107 Å². The van der Waals surface area contributed by atoms with Crippen LogP contribution in [0.3, 0.4) is 0 Å². The van der Waals surface area contributed by atoms with Crippen molar-refractivity contribution in [3.63, 3.8) is 0 Å². The molecule has 3 nitrogen and oxygen atoms in total. The van der Waals surface area contributed by atoms with E-state index in [1.165, 1.54) is 13.2 Å². The van der Waals surface area contributed by atoms with Crippen molar-refractivity contribution < 1.29 is 13.9 Å². The van der Waals surface area contributed by atoms with E-state index in [1.54, 1.807) is 19.2 Å². The molecule has 0 aromatic heterocycles. The van der Waals surface area contributed by atoms with E-state index in [2.05, 4.69) is 5.32 Å². The fourth-order valence-electron chi connectivity index (χ4n) is 2.41. The molecule has 100 valence electrons. The lowest BCUT2D eigenvalue weighted by Gasteiger charge is -2.26. The number of ether oxygens (including phenoxy) is 2. The summed E-state index contributed by atoms with van der Waals surface area (Å²) in [5, 5.41) is 3.16. The van der Waals surface area contributed by atoms with Gasteiger partial charge in [-0.25, -0.2) is 4.39 Å². The molecule has 0 saturated heterocycles. The average molecular weight is 253 g/mol. The van der Waals surface area contributed by atoms with E-state index < -0.39 is 0 Å². The van der Waals surface area contributed by atoms with Crippen LogP contribution in [0.2, 0.25) is 0 Å². The Morgan fingerprint density at radius 1 is 1.33 bits per heavy atom. The number of hydrogen-bond donors (Lipinski definition) is 1. The summed E-state index contributed by atoms with van der Waals surface area (Å²) >= 11 is 0. The third-order valence-electron chi connectivity index (χ3n) is 3.54. The van der Waals surface area contributed by atoms with E-state index in [0.29, 0.717) is 17.2 Å². The summed E-state index contributed by atoms with van der Waals surface area (Å²) in [4.78, 5) is 0. The molecule has 1 fully saturated rings. The number of hydrogen-bond acceptors (Lipinski definition) is 3. The third-order valence-corrected chi connectivity index (χ3v) is 3.54. The molecule has 0 heterocycles. The molecule has 0 bridgehead atoms. The first-order chi connectivity index (χ1) is 8.71.